The highest BCUT2D eigenvalue weighted by atomic mass is 35.5. The summed E-state index contributed by atoms with van der Waals surface area (Å²) in [5.74, 6) is -0.108. The number of nitrogens with one attached hydrogen (secondary N) is 2. The Hall–Kier alpha value is -2.58. The Morgan fingerprint density at radius 2 is 2.08 bits per heavy atom. The summed E-state index contributed by atoms with van der Waals surface area (Å²) in [6.07, 6.45) is 3.49. The van der Waals surface area contributed by atoms with Crippen molar-refractivity contribution in [3.63, 3.8) is 0 Å². The number of morpholine rings is 1. The van der Waals surface area contributed by atoms with Crippen LogP contribution in [0.2, 0.25) is 5.02 Å². The first-order valence-corrected chi connectivity index (χ1v) is 8.59. The van der Waals surface area contributed by atoms with Crippen molar-refractivity contribution in [2.75, 3.05) is 31.6 Å². The molecule has 1 aliphatic heterocycles. The molecule has 8 nitrogen and oxygen atoms in total. The van der Waals surface area contributed by atoms with E-state index in [0.29, 0.717) is 49.1 Å². The predicted octanol–water partition coefficient (Wildman–Crippen LogP) is 1.87. The molecule has 26 heavy (non-hydrogen) atoms. The number of hydrogen-bond acceptors (Lipinski definition) is 4. The lowest BCUT2D eigenvalue weighted by Gasteiger charge is -2.27. The van der Waals surface area contributed by atoms with E-state index < -0.39 is 6.03 Å². The van der Waals surface area contributed by atoms with E-state index in [4.69, 9.17) is 16.3 Å². The second-order valence-corrected chi connectivity index (χ2v) is 6.34. The van der Waals surface area contributed by atoms with Crippen LogP contribution < -0.4 is 10.6 Å². The number of hydrogen-bond donors (Lipinski definition) is 2. The molecule has 9 heteroatoms. The van der Waals surface area contributed by atoms with Gasteiger partial charge in [0.05, 0.1) is 30.1 Å². The van der Waals surface area contributed by atoms with Crippen molar-refractivity contribution in [1.29, 1.82) is 0 Å². The number of anilines is 1. The molecule has 1 aliphatic rings. The lowest BCUT2D eigenvalue weighted by molar-refractivity contribution is 0.0303. The molecule has 0 radical (unpaired) electrons. The lowest BCUT2D eigenvalue weighted by Crippen LogP contribution is -2.40. The van der Waals surface area contributed by atoms with E-state index >= 15 is 0 Å². The van der Waals surface area contributed by atoms with E-state index in [0.717, 1.165) is 5.56 Å². The predicted molar refractivity (Wildman–Crippen MR) is 97.2 cm³/mol. The van der Waals surface area contributed by atoms with Crippen LogP contribution in [0.1, 0.15) is 15.9 Å². The van der Waals surface area contributed by atoms with Gasteiger partial charge < -0.3 is 20.3 Å². The summed E-state index contributed by atoms with van der Waals surface area (Å²) < 4.78 is 6.92. The molecule has 2 aromatic rings. The van der Waals surface area contributed by atoms with Crippen molar-refractivity contribution < 1.29 is 14.3 Å². The summed E-state index contributed by atoms with van der Waals surface area (Å²) in [7, 11) is 1.81. The minimum atomic E-state index is -0.410. The highest BCUT2D eigenvalue weighted by molar-refractivity contribution is 6.33. The van der Waals surface area contributed by atoms with Gasteiger partial charge >= 0.3 is 6.03 Å². The average molecular weight is 378 g/mol. The molecular weight excluding hydrogens is 358 g/mol. The van der Waals surface area contributed by atoms with Crippen molar-refractivity contribution in [1.82, 2.24) is 20.0 Å². The van der Waals surface area contributed by atoms with Crippen LogP contribution in [0.4, 0.5) is 10.5 Å². The number of benzene rings is 1. The highest BCUT2D eigenvalue weighted by Crippen LogP contribution is 2.24. The van der Waals surface area contributed by atoms with Gasteiger partial charge in [-0.15, -0.1) is 0 Å². The number of carbonyl (C=O) groups is 2. The van der Waals surface area contributed by atoms with E-state index in [1.165, 1.54) is 0 Å². The number of rotatable bonds is 4. The van der Waals surface area contributed by atoms with Crippen LogP contribution in [0.5, 0.6) is 0 Å². The first kappa shape index (κ1) is 18.2. The zero-order valence-corrected chi connectivity index (χ0v) is 15.1. The molecule has 0 spiro atoms. The van der Waals surface area contributed by atoms with Crippen molar-refractivity contribution in [2.24, 2.45) is 7.05 Å². The van der Waals surface area contributed by atoms with Crippen LogP contribution in [-0.4, -0.2) is 52.9 Å². The minimum absolute atomic E-state index is 0.108. The van der Waals surface area contributed by atoms with Crippen LogP contribution >= 0.6 is 11.6 Å². The lowest BCUT2D eigenvalue weighted by atomic mass is 10.1. The Balaban J connectivity index is 1.63. The summed E-state index contributed by atoms with van der Waals surface area (Å²) in [5.41, 5.74) is 1.73. The van der Waals surface area contributed by atoms with Gasteiger partial charge in [0.15, 0.2) is 0 Å². The van der Waals surface area contributed by atoms with Gasteiger partial charge in [-0.25, -0.2) is 4.79 Å². The van der Waals surface area contributed by atoms with Crippen LogP contribution in [0.25, 0.3) is 0 Å². The normalized spacial score (nSPS) is 14.2. The SMILES string of the molecule is Cn1cc(CNC(=O)Nc2cc(C(=O)N3CCOCC3)ccc2Cl)cn1. The number of halogens is 1. The second-order valence-electron chi connectivity index (χ2n) is 5.93. The highest BCUT2D eigenvalue weighted by Gasteiger charge is 2.19. The molecule has 3 amide bonds. The van der Waals surface area contributed by atoms with E-state index in [-0.39, 0.29) is 5.91 Å². The van der Waals surface area contributed by atoms with Gasteiger partial charge in [-0.2, -0.15) is 5.10 Å². The number of amides is 3. The molecule has 0 atom stereocenters. The fourth-order valence-corrected chi connectivity index (χ4v) is 2.78. The molecule has 3 rings (SSSR count). The van der Waals surface area contributed by atoms with Gasteiger partial charge in [-0.3, -0.25) is 9.48 Å². The number of carbonyl (C=O) groups excluding carboxylic acids is 2. The van der Waals surface area contributed by atoms with Gasteiger partial charge in [0.2, 0.25) is 0 Å². The quantitative estimate of drug-likeness (QED) is 0.851. The third-order valence-electron chi connectivity index (χ3n) is 3.97. The van der Waals surface area contributed by atoms with Crippen molar-refractivity contribution in [3.05, 3.63) is 46.7 Å². The summed E-state index contributed by atoms with van der Waals surface area (Å²) in [5, 5.41) is 9.81. The van der Waals surface area contributed by atoms with Crippen LogP contribution in [0.15, 0.2) is 30.6 Å². The van der Waals surface area contributed by atoms with Gasteiger partial charge in [0.1, 0.15) is 0 Å². The van der Waals surface area contributed by atoms with E-state index in [9.17, 15) is 9.59 Å². The fraction of sp³-hybridized carbons (Fsp3) is 0.353. The van der Waals surface area contributed by atoms with Gasteiger partial charge in [0, 0.05) is 44.0 Å². The maximum absolute atomic E-state index is 12.6. The minimum Gasteiger partial charge on any atom is -0.378 e. The largest absolute Gasteiger partial charge is 0.378 e. The molecule has 138 valence electrons. The Bertz CT molecular complexity index is 801. The standard InChI is InChI=1S/C17H20ClN5O3/c1-22-11-12(10-20-22)9-19-17(25)21-15-8-13(2-3-14(15)18)16(24)23-4-6-26-7-5-23/h2-3,8,10-11H,4-7,9H2,1H3,(H2,19,21,25). The molecule has 1 saturated heterocycles. The van der Waals surface area contributed by atoms with Gasteiger partial charge in [-0.05, 0) is 18.2 Å². The zero-order chi connectivity index (χ0) is 18.5. The van der Waals surface area contributed by atoms with Crippen LogP contribution in [-0.2, 0) is 18.3 Å². The first-order valence-electron chi connectivity index (χ1n) is 8.22. The van der Waals surface area contributed by atoms with E-state index in [2.05, 4.69) is 15.7 Å². The Morgan fingerprint density at radius 3 is 2.77 bits per heavy atom. The number of urea groups is 1. The summed E-state index contributed by atoms with van der Waals surface area (Å²) in [6.45, 7) is 2.50. The molecular formula is C17H20ClN5O3. The fourth-order valence-electron chi connectivity index (χ4n) is 2.62. The molecule has 2 N–H and O–H groups in total. The maximum Gasteiger partial charge on any atom is 0.319 e. The Labute approximate surface area is 156 Å². The summed E-state index contributed by atoms with van der Waals surface area (Å²) in [6, 6.07) is 4.43. The number of ether oxygens (including phenoxy) is 1. The third-order valence-corrected chi connectivity index (χ3v) is 4.30. The van der Waals surface area contributed by atoms with E-state index in [1.54, 1.807) is 41.0 Å². The summed E-state index contributed by atoms with van der Waals surface area (Å²) in [4.78, 5) is 26.4. The van der Waals surface area contributed by atoms with Gasteiger partial charge in [-0.1, -0.05) is 11.6 Å². The maximum atomic E-state index is 12.6. The Kier molecular flexibility index (Phi) is 5.75. The Morgan fingerprint density at radius 1 is 1.31 bits per heavy atom. The molecule has 2 heterocycles. The van der Waals surface area contributed by atoms with Crippen LogP contribution in [0, 0.1) is 0 Å². The van der Waals surface area contributed by atoms with Crippen molar-refractivity contribution >= 4 is 29.2 Å². The molecule has 0 unspecified atom stereocenters. The first-order chi connectivity index (χ1) is 12.5. The van der Waals surface area contributed by atoms with E-state index in [1.807, 2.05) is 6.20 Å². The third kappa shape index (κ3) is 4.53. The van der Waals surface area contributed by atoms with Crippen molar-refractivity contribution in [2.45, 2.75) is 6.54 Å². The molecule has 0 aliphatic carbocycles. The molecule has 1 fully saturated rings. The van der Waals surface area contributed by atoms with Crippen LogP contribution in [0.3, 0.4) is 0 Å². The summed E-state index contributed by atoms with van der Waals surface area (Å²) >= 11 is 6.15. The molecule has 0 saturated carbocycles. The monoisotopic (exact) mass is 377 g/mol. The second kappa shape index (κ2) is 8.20. The number of aromatic nitrogens is 2. The average Bonchev–Trinajstić information content (AvgIpc) is 3.07. The molecule has 1 aromatic carbocycles. The van der Waals surface area contributed by atoms with Gasteiger partial charge in [0.25, 0.3) is 5.91 Å². The number of aryl methyl sites for hydroxylation is 1. The zero-order valence-electron chi connectivity index (χ0n) is 14.4. The van der Waals surface area contributed by atoms with Crippen molar-refractivity contribution in [3.8, 4) is 0 Å². The smallest absolute Gasteiger partial charge is 0.319 e. The molecule has 1 aromatic heterocycles. The topological polar surface area (TPSA) is 88.5 Å². The molecule has 0 bridgehead atoms. The number of nitrogens with zero attached hydrogens (tertiary/aromatic N) is 3.